The molecule has 0 radical (unpaired) electrons. The third kappa shape index (κ3) is 6.42. The summed E-state index contributed by atoms with van der Waals surface area (Å²) in [5, 5.41) is 13.5. The second-order valence-electron chi connectivity index (χ2n) is 5.35. The maximum Gasteiger partial charge on any atom is 0.330 e. The van der Waals surface area contributed by atoms with E-state index in [1.54, 1.807) is 6.08 Å². The van der Waals surface area contributed by atoms with E-state index >= 15 is 0 Å². The van der Waals surface area contributed by atoms with Crippen LogP contribution in [0.1, 0.15) is 17.5 Å². The molecule has 1 aromatic carbocycles. The van der Waals surface area contributed by atoms with Crippen molar-refractivity contribution in [3.8, 4) is 0 Å². The van der Waals surface area contributed by atoms with Crippen molar-refractivity contribution in [3.05, 3.63) is 69.9 Å². The summed E-state index contributed by atoms with van der Waals surface area (Å²) in [6, 6.07) is 10.7. The highest BCUT2D eigenvalue weighted by molar-refractivity contribution is 5.87. The Balaban J connectivity index is 1.64. The normalized spacial score (nSPS) is 10.6. The quantitative estimate of drug-likeness (QED) is 0.260. The maximum atomic E-state index is 11.6. The number of nitrogens with one attached hydrogen (secondary N) is 1. The van der Waals surface area contributed by atoms with E-state index in [4.69, 9.17) is 4.74 Å². The maximum absolute atomic E-state index is 11.6. The molecule has 1 aromatic heterocycles. The lowest BCUT2D eigenvalue weighted by Gasteiger charge is -2.05. The van der Waals surface area contributed by atoms with Crippen LogP contribution in [0.3, 0.4) is 0 Å². The van der Waals surface area contributed by atoms with Crippen LogP contribution >= 0.6 is 0 Å². The number of aryl methyl sites for hydroxylation is 1. The molecule has 0 fully saturated rings. The van der Waals surface area contributed by atoms with E-state index in [1.807, 2.05) is 31.2 Å². The SMILES string of the molecule is Cc1ccc(/C=C/C(=O)OCCCNc2ccc([N+](=O)[O-])cn2)cc1. The number of nitrogens with zero attached hydrogens (tertiary/aromatic N) is 2. The van der Waals surface area contributed by atoms with Crippen LogP contribution in [0.2, 0.25) is 0 Å². The molecule has 0 unspecified atom stereocenters. The van der Waals surface area contributed by atoms with Gasteiger partial charge in [-0.05, 0) is 31.1 Å². The predicted molar refractivity (Wildman–Crippen MR) is 95.2 cm³/mol. The predicted octanol–water partition coefficient (Wildman–Crippen LogP) is 3.36. The minimum atomic E-state index is -0.500. The molecule has 0 saturated carbocycles. The van der Waals surface area contributed by atoms with Crippen LogP contribution in [-0.4, -0.2) is 29.0 Å². The van der Waals surface area contributed by atoms with Gasteiger partial charge in [0.25, 0.3) is 5.69 Å². The van der Waals surface area contributed by atoms with Crippen LogP contribution in [0.15, 0.2) is 48.7 Å². The summed E-state index contributed by atoms with van der Waals surface area (Å²) in [6.07, 6.45) is 4.90. The molecule has 0 aliphatic heterocycles. The summed E-state index contributed by atoms with van der Waals surface area (Å²) < 4.78 is 5.10. The van der Waals surface area contributed by atoms with Gasteiger partial charge < -0.3 is 10.1 Å². The zero-order chi connectivity index (χ0) is 18.1. The molecule has 2 aromatic rings. The Kier molecular flexibility index (Phi) is 6.65. The first-order valence-electron chi connectivity index (χ1n) is 7.80. The lowest BCUT2D eigenvalue weighted by Crippen LogP contribution is -2.09. The number of benzene rings is 1. The molecule has 0 bridgehead atoms. The Morgan fingerprint density at radius 3 is 2.68 bits per heavy atom. The number of hydrogen-bond acceptors (Lipinski definition) is 6. The van der Waals surface area contributed by atoms with Crippen LogP contribution in [0.25, 0.3) is 6.08 Å². The molecule has 0 aliphatic rings. The molecule has 7 nitrogen and oxygen atoms in total. The Hall–Kier alpha value is -3.22. The molecule has 2 rings (SSSR count). The van der Waals surface area contributed by atoms with Crippen molar-refractivity contribution in [1.29, 1.82) is 0 Å². The summed E-state index contributed by atoms with van der Waals surface area (Å²) >= 11 is 0. The number of nitro groups is 1. The monoisotopic (exact) mass is 341 g/mol. The molecule has 7 heteroatoms. The fourth-order valence-corrected chi connectivity index (χ4v) is 1.95. The fraction of sp³-hybridized carbons (Fsp3) is 0.222. The Morgan fingerprint density at radius 2 is 2.04 bits per heavy atom. The van der Waals surface area contributed by atoms with Gasteiger partial charge in [-0.25, -0.2) is 9.78 Å². The van der Waals surface area contributed by atoms with Crippen molar-refractivity contribution in [2.75, 3.05) is 18.5 Å². The highest BCUT2D eigenvalue weighted by atomic mass is 16.6. The van der Waals surface area contributed by atoms with Gasteiger partial charge in [0, 0.05) is 18.7 Å². The van der Waals surface area contributed by atoms with Gasteiger partial charge in [0.15, 0.2) is 0 Å². The van der Waals surface area contributed by atoms with E-state index in [2.05, 4.69) is 10.3 Å². The number of hydrogen-bond donors (Lipinski definition) is 1. The highest BCUT2D eigenvalue weighted by Crippen LogP contribution is 2.11. The second kappa shape index (κ2) is 9.17. The van der Waals surface area contributed by atoms with Gasteiger partial charge in [-0.15, -0.1) is 0 Å². The molecule has 0 amide bonds. The minimum absolute atomic E-state index is 0.0557. The standard InChI is InChI=1S/C18H19N3O4/c1-14-3-5-15(6-4-14)7-10-18(22)25-12-2-11-19-17-9-8-16(13-20-17)21(23)24/h3-10,13H,2,11-12H2,1H3,(H,19,20)/b10-7+. The van der Waals surface area contributed by atoms with E-state index in [-0.39, 0.29) is 12.3 Å². The van der Waals surface area contributed by atoms with E-state index in [0.29, 0.717) is 18.8 Å². The number of anilines is 1. The zero-order valence-corrected chi connectivity index (χ0v) is 13.8. The van der Waals surface area contributed by atoms with Gasteiger partial charge in [0.1, 0.15) is 12.0 Å². The molecule has 1 heterocycles. The van der Waals surface area contributed by atoms with Gasteiger partial charge >= 0.3 is 5.97 Å². The summed E-state index contributed by atoms with van der Waals surface area (Å²) in [5.41, 5.74) is 2.04. The molecule has 25 heavy (non-hydrogen) atoms. The summed E-state index contributed by atoms with van der Waals surface area (Å²) in [5.74, 6) is 0.144. The van der Waals surface area contributed by atoms with Crippen LogP contribution in [0.5, 0.6) is 0 Å². The number of esters is 1. The zero-order valence-electron chi connectivity index (χ0n) is 13.8. The molecule has 130 valence electrons. The fourth-order valence-electron chi connectivity index (χ4n) is 1.95. The van der Waals surface area contributed by atoms with Gasteiger partial charge in [0.05, 0.1) is 11.5 Å². The van der Waals surface area contributed by atoms with E-state index in [9.17, 15) is 14.9 Å². The number of rotatable bonds is 8. The van der Waals surface area contributed by atoms with Gasteiger partial charge in [0.2, 0.25) is 0 Å². The first-order valence-corrected chi connectivity index (χ1v) is 7.80. The van der Waals surface area contributed by atoms with Crippen LogP contribution in [0.4, 0.5) is 11.5 Å². The molecule has 0 atom stereocenters. The van der Waals surface area contributed by atoms with Gasteiger partial charge in [-0.3, -0.25) is 10.1 Å². The summed E-state index contributed by atoms with van der Waals surface area (Å²) in [7, 11) is 0. The van der Waals surface area contributed by atoms with E-state index in [0.717, 1.165) is 11.1 Å². The smallest absolute Gasteiger partial charge is 0.330 e. The number of pyridine rings is 1. The average Bonchev–Trinajstić information content (AvgIpc) is 2.61. The Bertz CT molecular complexity index is 740. The van der Waals surface area contributed by atoms with Crippen molar-refractivity contribution in [2.24, 2.45) is 0 Å². The van der Waals surface area contributed by atoms with Crippen LogP contribution in [-0.2, 0) is 9.53 Å². The van der Waals surface area contributed by atoms with Crippen LogP contribution < -0.4 is 5.32 Å². The second-order valence-corrected chi connectivity index (χ2v) is 5.35. The lowest BCUT2D eigenvalue weighted by molar-refractivity contribution is -0.385. The third-order valence-electron chi connectivity index (χ3n) is 3.32. The average molecular weight is 341 g/mol. The number of aromatic nitrogens is 1. The van der Waals surface area contributed by atoms with Crippen molar-refractivity contribution in [1.82, 2.24) is 4.98 Å². The summed E-state index contributed by atoms with van der Waals surface area (Å²) in [6.45, 7) is 2.82. The first-order chi connectivity index (χ1) is 12.0. The van der Waals surface area contributed by atoms with Gasteiger partial charge in [-0.2, -0.15) is 0 Å². The Morgan fingerprint density at radius 1 is 1.28 bits per heavy atom. The molecular formula is C18H19N3O4. The van der Waals surface area contributed by atoms with E-state index < -0.39 is 10.9 Å². The number of carbonyl (C=O) groups excluding carboxylic acids is 1. The lowest BCUT2D eigenvalue weighted by atomic mass is 10.1. The molecular weight excluding hydrogens is 322 g/mol. The highest BCUT2D eigenvalue weighted by Gasteiger charge is 2.04. The topological polar surface area (TPSA) is 94.4 Å². The minimum Gasteiger partial charge on any atom is -0.462 e. The van der Waals surface area contributed by atoms with Crippen molar-refractivity contribution in [2.45, 2.75) is 13.3 Å². The van der Waals surface area contributed by atoms with Crippen LogP contribution in [0, 0.1) is 17.0 Å². The van der Waals surface area contributed by atoms with Gasteiger partial charge in [-0.1, -0.05) is 29.8 Å². The van der Waals surface area contributed by atoms with Crippen molar-refractivity contribution in [3.63, 3.8) is 0 Å². The molecule has 0 aliphatic carbocycles. The number of ether oxygens (including phenoxy) is 1. The van der Waals surface area contributed by atoms with Crippen molar-refractivity contribution >= 4 is 23.6 Å². The molecule has 1 N–H and O–H groups in total. The first kappa shape index (κ1) is 18.1. The molecule has 0 spiro atoms. The largest absolute Gasteiger partial charge is 0.462 e. The summed E-state index contributed by atoms with van der Waals surface area (Å²) in [4.78, 5) is 25.6. The number of carbonyl (C=O) groups is 1. The molecule has 0 saturated heterocycles. The van der Waals surface area contributed by atoms with E-state index in [1.165, 1.54) is 24.4 Å². The Labute approximate surface area is 145 Å². The van der Waals surface area contributed by atoms with Crippen molar-refractivity contribution < 1.29 is 14.5 Å². The third-order valence-corrected chi connectivity index (χ3v) is 3.32.